The van der Waals surface area contributed by atoms with Crippen LogP contribution in [-0.4, -0.2) is 38.5 Å². The normalized spacial score (nSPS) is 15.3. The Kier molecular flexibility index (Phi) is 9.04. The van der Waals surface area contributed by atoms with Crippen molar-refractivity contribution in [2.24, 2.45) is 4.99 Å². The molecule has 3 aromatic carbocycles. The number of hydrogen-bond acceptors (Lipinski definition) is 7. The number of aliphatic imine (C=N–C) groups is 1. The molecule has 1 aliphatic heterocycles. The smallest absolute Gasteiger partial charge is 0.335 e. The maximum atomic E-state index is 13.1. The standard InChI is InChI=1S/C26H19I2N3O6S/c1-2-30-24(32)22(38-26(30)29-18-7-5-17(6-8-18)25(33)34)13-16-11-20(27)23(21(28)12-16)37-14-15-3-9-19(10-4-15)31(35)36/h3-13H,2,14H2,1H3,(H,33,34). The van der Waals surface area contributed by atoms with E-state index in [0.717, 1.165) is 18.3 Å². The number of carboxylic acids is 1. The van der Waals surface area contributed by atoms with Gasteiger partial charge in [0, 0.05) is 18.7 Å². The molecule has 0 saturated carbocycles. The maximum Gasteiger partial charge on any atom is 0.335 e. The van der Waals surface area contributed by atoms with Gasteiger partial charge >= 0.3 is 5.97 Å². The lowest BCUT2D eigenvalue weighted by Crippen LogP contribution is -2.28. The average Bonchev–Trinajstić information content (AvgIpc) is 3.17. The summed E-state index contributed by atoms with van der Waals surface area (Å²) in [7, 11) is 0. The van der Waals surface area contributed by atoms with Crippen LogP contribution in [0.25, 0.3) is 6.08 Å². The van der Waals surface area contributed by atoms with E-state index in [2.05, 4.69) is 50.2 Å². The van der Waals surface area contributed by atoms with Crippen molar-refractivity contribution >= 4 is 91.4 Å². The minimum atomic E-state index is -1.01. The van der Waals surface area contributed by atoms with E-state index in [1.807, 2.05) is 25.1 Å². The van der Waals surface area contributed by atoms with Crippen molar-refractivity contribution in [3.63, 3.8) is 0 Å². The number of amidine groups is 1. The predicted octanol–water partition coefficient (Wildman–Crippen LogP) is 6.71. The van der Waals surface area contributed by atoms with Crippen molar-refractivity contribution in [3.8, 4) is 5.75 Å². The fourth-order valence-corrected chi connectivity index (χ4v) is 6.67. The number of amides is 1. The van der Waals surface area contributed by atoms with Gasteiger partial charge in [0.25, 0.3) is 11.6 Å². The quantitative estimate of drug-likeness (QED) is 0.118. The molecule has 0 aromatic heterocycles. The van der Waals surface area contributed by atoms with Gasteiger partial charge in [-0.25, -0.2) is 9.79 Å². The first-order chi connectivity index (χ1) is 18.2. The van der Waals surface area contributed by atoms with Crippen molar-refractivity contribution in [3.05, 3.63) is 99.5 Å². The Morgan fingerprint density at radius 1 is 1.13 bits per heavy atom. The molecule has 1 saturated heterocycles. The van der Waals surface area contributed by atoms with E-state index >= 15 is 0 Å². The van der Waals surface area contributed by atoms with E-state index in [1.165, 1.54) is 36.0 Å². The fourth-order valence-electron chi connectivity index (χ4n) is 3.48. The highest BCUT2D eigenvalue weighted by Gasteiger charge is 2.32. The molecule has 0 aliphatic carbocycles. The van der Waals surface area contributed by atoms with Crippen LogP contribution in [0.4, 0.5) is 11.4 Å². The molecule has 0 atom stereocenters. The highest BCUT2D eigenvalue weighted by molar-refractivity contribution is 14.1. The number of ether oxygens (including phenoxy) is 1. The summed E-state index contributed by atoms with van der Waals surface area (Å²) in [4.78, 5) is 41.2. The van der Waals surface area contributed by atoms with Gasteiger partial charge in [-0.15, -0.1) is 0 Å². The zero-order chi connectivity index (χ0) is 27.4. The molecule has 1 heterocycles. The monoisotopic (exact) mass is 755 g/mol. The molecule has 1 fully saturated rings. The minimum absolute atomic E-state index is 0.0283. The number of likely N-dealkylation sites (N-methyl/N-ethyl adjacent to an activating group) is 1. The zero-order valence-electron chi connectivity index (χ0n) is 19.8. The van der Waals surface area contributed by atoms with Gasteiger partial charge in [-0.05, 0) is 130 Å². The molecule has 9 nitrogen and oxygen atoms in total. The summed E-state index contributed by atoms with van der Waals surface area (Å²) in [5.41, 5.74) is 2.40. The first kappa shape index (κ1) is 28.0. The average molecular weight is 755 g/mol. The summed E-state index contributed by atoms with van der Waals surface area (Å²) >= 11 is 5.63. The Morgan fingerprint density at radius 3 is 2.32 bits per heavy atom. The lowest BCUT2D eigenvalue weighted by Gasteiger charge is -2.12. The van der Waals surface area contributed by atoms with Crippen molar-refractivity contribution in [1.82, 2.24) is 4.90 Å². The van der Waals surface area contributed by atoms with Crippen LogP contribution in [0.3, 0.4) is 0 Å². The third-order valence-corrected chi connectivity index (χ3v) is 8.00. The predicted molar refractivity (Wildman–Crippen MR) is 163 cm³/mol. The molecule has 1 amide bonds. The summed E-state index contributed by atoms with van der Waals surface area (Å²) in [5, 5.41) is 20.5. The molecular formula is C26H19I2N3O6S. The number of benzene rings is 3. The molecule has 4 rings (SSSR count). The van der Waals surface area contributed by atoms with Crippen molar-refractivity contribution in [2.75, 3.05) is 6.54 Å². The number of nitro benzene ring substituents is 1. The molecule has 1 aliphatic rings. The van der Waals surface area contributed by atoms with E-state index in [-0.39, 0.29) is 23.8 Å². The number of nitro groups is 1. The van der Waals surface area contributed by atoms with Gasteiger partial charge in [-0.2, -0.15) is 0 Å². The molecule has 194 valence electrons. The number of carboxylic acid groups (broad SMARTS) is 1. The summed E-state index contributed by atoms with van der Waals surface area (Å²) < 4.78 is 7.72. The second-order valence-corrected chi connectivity index (χ2v) is 11.3. The van der Waals surface area contributed by atoms with E-state index in [1.54, 1.807) is 29.2 Å². The number of carbonyl (C=O) groups excluding carboxylic acids is 1. The number of nitrogens with zero attached hydrogens (tertiary/aromatic N) is 3. The van der Waals surface area contributed by atoms with Gasteiger partial charge in [0.2, 0.25) is 0 Å². The molecular weight excluding hydrogens is 736 g/mol. The SMILES string of the molecule is CCN1C(=O)C(=Cc2cc(I)c(OCc3ccc([N+](=O)[O-])cc3)c(I)c2)SC1=Nc1ccc(C(=O)O)cc1. The van der Waals surface area contributed by atoms with Crippen molar-refractivity contribution in [2.45, 2.75) is 13.5 Å². The minimum Gasteiger partial charge on any atom is -0.487 e. The third-order valence-electron chi connectivity index (χ3n) is 5.39. The van der Waals surface area contributed by atoms with Crippen LogP contribution in [0.2, 0.25) is 0 Å². The fraction of sp³-hybridized carbons (Fsp3) is 0.115. The van der Waals surface area contributed by atoms with E-state index < -0.39 is 10.9 Å². The number of thioether (sulfide) groups is 1. The molecule has 1 N–H and O–H groups in total. The van der Waals surface area contributed by atoms with Gasteiger partial charge in [-0.1, -0.05) is 0 Å². The summed E-state index contributed by atoms with van der Waals surface area (Å²) in [6.07, 6.45) is 1.82. The summed E-state index contributed by atoms with van der Waals surface area (Å²) in [6, 6.07) is 16.2. The molecule has 38 heavy (non-hydrogen) atoms. The number of non-ortho nitro benzene ring substituents is 1. The van der Waals surface area contributed by atoms with Crippen LogP contribution in [0.5, 0.6) is 5.75 Å². The van der Waals surface area contributed by atoms with Crippen LogP contribution >= 0.6 is 56.9 Å². The van der Waals surface area contributed by atoms with Gasteiger partial charge in [0.05, 0.1) is 28.2 Å². The van der Waals surface area contributed by atoms with Gasteiger partial charge in [0.1, 0.15) is 12.4 Å². The van der Waals surface area contributed by atoms with E-state index in [9.17, 15) is 19.7 Å². The van der Waals surface area contributed by atoms with Crippen LogP contribution in [0, 0.1) is 17.3 Å². The van der Waals surface area contributed by atoms with Gasteiger partial charge in [-0.3, -0.25) is 19.8 Å². The molecule has 0 spiro atoms. The van der Waals surface area contributed by atoms with Crippen LogP contribution in [-0.2, 0) is 11.4 Å². The molecule has 3 aromatic rings. The Bertz CT molecular complexity index is 1450. The molecule has 12 heteroatoms. The zero-order valence-corrected chi connectivity index (χ0v) is 24.9. The van der Waals surface area contributed by atoms with Crippen LogP contribution < -0.4 is 4.74 Å². The second kappa shape index (κ2) is 12.3. The van der Waals surface area contributed by atoms with Crippen LogP contribution in [0.15, 0.2) is 70.6 Å². The lowest BCUT2D eigenvalue weighted by atomic mass is 10.2. The Hall–Kier alpha value is -2.98. The molecule has 0 unspecified atom stereocenters. The first-order valence-electron chi connectivity index (χ1n) is 11.1. The largest absolute Gasteiger partial charge is 0.487 e. The Morgan fingerprint density at radius 2 is 1.76 bits per heavy atom. The van der Waals surface area contributed by atoms with E-state index in [0.29, 0.717) is 28.1 Å². The number of carbonyl (C=O) groups is 2. The van der Waals surface area contributed by atoms with Crippen molar-refractivity contribution < 1.29 is 24.4 Å². The molecule has 0 radical (unpaired) electrons. The van der Waals surface area contributed by atoms with Crippen molar-refractivity contribution in [1.29, 1.82) is 0 Å². The van der Waals surface area contributed by atoms with Gasteiger partial charge in [0.15, 0.2) is 5.17 Å². The maximum absolute atomic E-state index is 13.1. The highest BCUT2D eigenvalue weighted by atomic mass is 127. The topological polar surface area (TPSA) is 122 Å². The molecule has 0 bridgehead atoms. The van der Waals surface area contributed by atoms with E-state index in [4.69, 9.17) is 9.84 Å². The number of aromatic carboxylic acids is 1. The second-order valence-electron chi connectivity index (χ2n) is 7.93. The lowest BCUT2D eigenvalue weighted by molar-refractivity contribution is -0.384. The van der Waals surface area contributed by atoms with Crippen LogP contribution in [0.1, 0.15) is 28.4 Å². The van der Waals surface area contributed by atoms with Gasteiger partial charge < -0.3 is 9.84 Å². The number of hydrogen-bond donors (Lipinski definition) is 1. The number of rotatable bonds is 8. The number of halogens is 2. The summed E-state index contributed by atoms with van der Waals surface area (Å²) in [6.45, 7) is 2.57. The third kappa shape index (κ3) is 6.53. The first-order valence-corrected chi connectivity index (χ1v) is 14.1. The Labute approximate surface area is 249 Å². The highest BCUT2D eigenvalue weighted by Crippen LogP contribution is 2.36. The Balaban J connectivity index is 1.52. The summed E-state index contributed by atoms with van der Waals surface area (Å²) in [5.74, 6) is -0.469.